The van der Waals surface area contributed by atoms with Crippen LogP contribution in [0.5, 0.6) is 0 Å². The van der Waals surface area contributed by atoms with Gasteiger partial charge in [-0.2, -0.15) is 0 Å². The summed E-state index contributed by atoms with van der Waals surface area (Å²) in [6.45, 7) is 4.68. The van der Waals surface area contributed by atoms with E-state index in [4.69, 9.17) is 4.74 Å². The quantitative estimate of drug-likeness (QED) is 0.134. The Bertz CT molecular complexity index is 1300. The van der Waals surface area contributed by atoms with Gasteiger partial charge < -0.3 is 29.6 Å². The predicted molar refractivity (Wildman–Crippen MR) is 154 cm³/mol. The van der Waals surface area contributed by atoms with E-state index in [0.29, 0.717) is 13.0 Å². The summed E-state index contributed by atoms with van der Waals surface area (Å²) < 4.78 is 5.55. The largest absolute Gasteiger partial charge is 4.00 e. The van der Waals surface area contributed by atoms with Gasteiger partial charge in [-0.05, 0) is 126 Å². The molecule has 5 heteroatoms. The first-order valence-electron chi connectivity index (χ1n) is 13.2. The molecule has 0 amide bonds. The molecule has 0 bridgehead atoms. The van der Waals surface area contributed by atoms with Gasteiger partial charge in [0.05, 0.1) is 13.0 Å². The number of carbonyl (C=O) groups is 1. The Labute approximate surface area is 268 Å². The minimum Gasteiger partial charge on any atom is -1.00 e. The Morgan fingerprint density at radius 3 is 1.88 bits per heavy atom. The van der Waals surface area contributed by atoms with Crippen LogP contribution in [0.3, 0.4) is 0 Å². The van der Waals surface area contributed by atoms with Gasteiger partial charge in [-0.15, -0.1) is 0 Å². The minimum atomic E-state index is -0.192. The van der Waals surface area contributed by atoms with Gasteiger partial charge in [0.2, 0.25) is 0 Å². The zero-order chi connectivity index (χ0) is 25.7. The Morgan fingerprint density at radius 2 is 1.25 bits per heavy atom. The maximum Gasteiger partial charge on any atom is 4.00 e. The van der Waals surface area contributed by atoms with Crippen molar-refractivity contribution in [3.8, 4) is 0 Å². The average molecular weight is 605 g/mol. The maximum absolute atomic E-state index is 12.3. The number of aryl methyl sites for hydroxylation is 1. The van der Waals surface area contributed by atoms with Gasteiger partial charge >= 0.3 is 27.7 Å². The second-order valence-corrected chi connectivity index (χ2v) is 10.5. The fourth-order valence-electron chi connectivity index (χ4n) is 5.28. The minimum absolute atomic E-state index is 0. The maximum atomic E-state index is 12.3. The molecule has 0 atom stereocenters. The third kappa shape index (κ3) is 8.37. The van der Waals surface area contributed by atoms with Gasteiger partial charge in [0.25, 0.3) is 0 Å². The molecule has 0 aliphatic heterocycles. The molecule has 0 heterocycles. The fraction of sp³-hybridized carbons (Fsp3) is 0.229. The Morgan fingerprint density at radius 1 is 0.700 bits per heavy atom. The van der Waals surface area contributed by atoms with E-state index < -0.39 is 0 Å². The molecule has 40 heavy (non-hydrogen) atoms. The van der Waals surface area contributed by atoms with E-state index >= 15 is 0 Å². The zero-order valence-electron chi connectivity index (χ0n) is 23.0. The summed E-state index contributed by atoms with van der Waals surface area (Å²) in [6.07, 6.45) is 21.5. The van der Waals surface area contributed by atoms with E-state index in [1.54, 1.807) is 0 Å². The van der Waals surface area contributed by atoms with Gasteiger partial charge in [0, 0.05) is 0 Å². The molecule has 2 nitrogen and oxygen atoms in total. The number of esters is 1. The molecule has 0 saturated heterocycles. The number of benzene rings is 4. The summed E-state index contributed by atoms with van der Waals surface area (Å²) in [4.78, 5) is 12.3. The molecule has 2 aliphatic rings. The molecule has 6 rings (SSSR count). The average Bonchev–Trinajstić information content (AvgIpc) is 3.65. The second-order valence-electron chi connectivity index (χ2n) is 10.5. The van der Waals surface area contributed by atoms with Crippen molar-refractivity contribution in [3.05, 3.63) is 124 Å². The number of hydrogen-bond donors (Lipinski definition) is 0. The van der Waals surface area contributed by atoms with Crippen LogP contribution in [0.4, 0.5) is 0 Å². The number of unbranched alkanes of at least 4 members (excludes halogenated alkanes) is 1. The van der Waals surface area contributed by atoms with Crippen molar-refractivity contribution < 1.29 is 56.1 Å². The van der Waals surface area contributed by atoms with E-state index in [9.17, 15) is 4.79 Å². The summed E-state index contributed by atoms with van der Waals surface area (Å²) in [5.41, 5.74) is 1.18. The van der Waals surface area contributed by atoms with Crippen LogP contribution in [0.25, 0.3) is 32.3 Å². The first-order valence-corrected chi connectivity index (χ1v) is 13.2. The summed E-state index contributed by atoms with van der Waals surface area (Å²) in [5, 5.41) is 7.99. The molecule has 4 aromatic rings. The van der Waals surface area contributed by atoms with Gasteiger partial charge in [0.15, 0.2) is 0 Å². The number of carbonyl (C=O) groups excluding carboxylic acids is 1. The Hall–Kier alpha value is -1.32. The number of ether oxygens (including phenoxy) is 1. The smallest absolute Gasteiger partial charge is 1.00 e. The van der Waals surface area contributed by atoms with E-state index in [0.717, 1.165) is 19.3 Å². The molecule has 4 aromatic carbocycles. The van der Waals surface area contributed by atoms with Crippen LogP contribution in [0.15, 0.2) is 54.6 Å². The van der Waals surface area contributed by atoms with E-state index in [-0.39, 0.29) is 57.9 Å². The summed E-state index contributed by atoms with van der Waals surface area (Å²) >= 11 is 0. The third-order valence-electron chi connectivity index (χ3n) is 7.31. The second kappa shape index (κ2) is 16.4. The molecule has 2 aliphatic carbocycles. The molecule has 2 saturated carbocycles. The molecule has 202 valence electrons. The van der Waals surface area contributed by atoms with Crippen molar-refractivity contribution in [1.82, 2.24) is 0 Å². The summed E-state index contributed by atoms with van der Waals surface area (Å²) in [7, 11) is 0. The Kier molecular flexibility index (Phi) is 14.3. The van der Waals surface area contributed by atoms with Crippen LogP contribution in [0.1, 0.15) is 38.7 Å². The van der Waals surface area contributed by atoms with E-state index in [1.807, 2.05) is 44.9 Å². The van der Waals surface area contributed by atoms with Crippen LogP contribution in [-0.4, -0.2) is 12.6 Å². The third-order valence-corrected chi connectivity index (χ3v) is 7.31. The van der Waals surface area contributed by atoms with Crippen molar-refractivity contribution in [3.63, 3.8) is 0 Å². The van der Waals surface area contributed by atoms with Crippen LogP contribution in [-0.2, 0) is 37.7 Å². The summed E-state index contributed by atoms with van der Waals surface area (Å²) in [6, 6.07) is 20.0. The van der Waals surface area contributed by atoms with Gasteiger partial charge in [-0.3, -0.25) is 4.79 Å². The molecule has 0 unspecified atom stereocenters. The number of halogens is 2. The van der Waals surface area contributed by atoms with Gasteiger partial charge in [-0.1, -0.05) is 68.4 Å². The standard InChI is InChI=1S/C30H29O2.C5H5.2ClH.Ti/c1-30(2,25-11-3-4-12-25)20-27(31)32-19-6-5-8-21-13-14-24-16-15-22-9-7-10-23-17-18-26(21)29(24)28(22)23;1-2-4-5-3-1;;;/h3-4,7,9-18H,5-6,8,19-20H2,1-2H3;1-5H;2*1H;/q;;;;+4/p-2. The van der Waals surface area contributed by atoms with Gasteiger partial charge in [-0.25, -0.2) is 0 Å². The monoisotopic (exact) mass is 604 g/mol. The van der Waals surface area contributed by atoms with Crippen LogP contribution in [0.2, 0.25) is 0 Å². The Balaban J connectivity index is 0.000000635. The molecule has 0 aromatic heterocycles. The first kappa shape index (κ1) is 34.9. The fourth-order valence-corrected chi connectivity index (χ4v) is 5.28. The van der Waals surface area contributed by atoms with Crippen molar-refractivity contribution >= 4 is 38.3 Å². The van der Waals surface area contributed by atoms with Crippen molar-refractivity contribution in [2.45, 2.75) is 39.5 Å². The topological polar surface area (TPSA) is 26.3 Å². The molecule has 0 N–H and O–H groups in total. The summed E-state index contributed by atoms with van der Waals surface area (Å²) in [5.74, 6) is 1.07. The number of rotatable bonds is 8. The van der Waals surface area contributed by atoms with Crippen molar-refractivity contribution in [1.29, 1.82) is 0 Å². The molecule has 2 fully saturated rings. The van der Waals surface area contributed by atoms with Crippen LogP contribution >= 0.6 is 0 Å². The van der Waals surface area contributed by atoms with Crippen molar-refractivity contribution in [2.24, 2.45) is 5.41 Å². The van der Waals surface area contributed by atoms with Crippen molar-refractivity contribution in [2.75, 3.05) is 6.61 Å². The first-order chi connectivity index (χ1) is 18.0. The molecule has 0 spiro atoms. The van der Waals surface area contributed by atoms with Crippen LogP contribution < -0.4 is 24.8 Å². The predicted octanol–water partition coefficient (Wildman–Crippen LogP) is 2.30. The SMILES string of the molecule is CC(C)(CC(=O)OCCCCc1ccc2ccc3cccc4ccc1c2c34)[C]1[CH][CH][CH][CH]1.[CH]1[CH][CH][CH][CH]1.[Cl-].[Cl-].[Ti+4]. The van der Waals surface area contributed by atoms with E-state index in [2.05, 4.69) is 81.3 Å². The molecular weight excluding hydrogens is 571 g/mol. The molecular formula is C35H34Cl2O2Ti+2. The van der Waals surface area contributed by atoms with Gasteiger partial charge in [0.1, 0.15) is 0 Å². The van der Waals surface area contributed by atoms with E-state index in [1.165, 1.54) is 43.8 Å². The van der Waals surface area contributed by atoms with Crippen LogP contribution in [0, 0.1) is 69.1 Å². The molecule has 10 radical (unpaired) electrons. The normalized spacial score (nSPS) is 15.2. The number of hydrogen-bond acceptors (Lipinski definition) is 2. The zero-order valence-corrected chi connectivity index (χ0v) is 26.1.